The number of amides is 1. The van der Waals surface area contributed by atoms with Crippen LogP contribution >= 0.6 is 0 Å². The van der Waals surface area contributed by atoms with E-state index < -0.39 is 0 Å². The Balaban J connectivity index is 1.89. The highest BCUT2D eigenvalue weighted by Gasteiger charge is 2.23. The maximum Gasteiger partial charge on any atom is 0.251 e. The van der Waals surface area contributed by atoms with Gasteiger partial charge in [0.2, 0.25) is 0 Å². The molecular formula is C25H38N2O3. The third-order valence-electron chi connectivity index (χ3n) is 5.59. The minimum atomic E-state index is -0.0715. The first kappa shape index (κ1) is 24.0. The number of nitrogens with one attached hydrogen (secondary N) is 1. The highest BCUT2D eigenvalue weighted by Crippen LogP contribution is 2.28. The molecule has 1 aliphatic heterocycles. The predicted molar refractivity (Wildman–Crippen MR) is 124 cm³/mol. The number of hydrogen-bond donors (Lipinski definition) is 1. The molecule has 1 amide bonds. The zero-order valence-electron chi connectivity index (χ0n) is 19.3. The topological polar surface area (TPSA) is 50.8 Å². The fraction of sp³-hybridized carbons (Fsp3) is 0.560. The molecule has 0 spiro atoms. The normalized spacial score (nSPS) is 17.0. The van der Waals surface area contributed by atoms with E-state index in [4.69, 9.17) is 9.47 Å². The molecule has 1 heterocycles. The molecule has 1 saturated heterocycles. The van der Waals surface area contributed by atoms with Gasteiger partial charge in [0.1, 0.15) is 6.61 Å². The Morgan fingerprint density at radius 2 is 2.03 bits per heavy atom. The standard InChI is InChI=1S/C25H38N2O3/c1-6-27-15-8-11-22(27)18-26-25(28)21-12-13-23(24(17-21)29-5)30-16-14-20(4)10-7-9-19(2)3/h9,12-14,17,22H,6-8,10-11,15-16,18H2,1-5H3,(H,26,28)/b20-14+. The SMILES string of the molecule is CCN1CCCC1CNC(=O)c1ccc(OC/C=C(\C)CCC=C(C)C)c(OC)c1. The van der Waals surface area contributed by atoms with Gasteiger partial charge in [-0.15, -0.1) is 0 Å². The molecule has 0 bridgehead atoms. The molecule has 1 atom stereocenters. The molecule has 1 aromatic carbocycles. The number of carbonyl (C=O) groups is 1. The predicted octanol–water partition coefficient (Wildman–Crippen LogP) is 4.98. The van der Waals surface area contributed by atoms with Crippen molar-refractivity contribution in [2.24, 2.45) is 0 Å². The first-order valence-electron chi connectivity index (χ1n) is 11.1. The van der Waals surface area contributed by atoms with E-state index in [-0.39, 0.29) is 5.91 Å². The Labute approximate surface area is 182 Å². The van der Waals surface area contributed by atoms with Crippen LogP contribution in [0.2, 0.25) is 0 Å². The lowest BCUT2D eigenvalue weighted by molar-refractivity contribution is 0.0941. The van der Waals surface area contributed by atoms with Crippen LogP contribution in [0.4, 0.5) is 0 Å². The summed E-state index contributed by atoms with van der Waals surface area (Å²) in [6.07, 6.45) is 8.77. The van der Waals surface area contributed by atoms with Crippen molar-refractivity contribution in [1.29, 1.82) is 0 Å². The lowest BCUT2D eigenvalue weighted by Gasteiger charge is -2.23. The summed E-state index contributed by atoms with van der Waals surface area (Å²) in [5, 5.41) is 3.07. The number of nitrogens with zero attached hydrogens (tertiary/aromatic N) is 1. The lowest BCUT2D eigenvalue weighted by atomic mass is 10.1. The molecule has 1 fully saturated rings. The Morgan fingerprint density at radius 1 is 1.23 bits per heavy atom. The summed E-state index contributed by atoms with van der Waals surface area (Å²) in [6.45, 7) is 11.9. The van der Waals surface area contributed by atoms with Gasteiger partial charge in [-0.05, 0) is 83.8 Å². The van der Waals surface area contributed by atoms with Crippen LogP contribution in [-0.2, 0) is 0 Å². The molecule has 1 aromatic rings. The van der Waals surface area contributed by atoms with Crippen molar-refractivity contribution in [1.82, 2.24) is 10.2 Å². The molecule has 0 radical (unpaired) electrons. The number of hydrogen-bond acceptors (Lipinski definition) is 4. The van der Waals surface area contributed by atoms with Crippen molar-refractivity contribution in [3.05, 3.63) is 47.1 Å². The number of likely N-dealkylation sites (tertiary alicyclic amines) is 1. The largest absolute Gasteiger partial charge is 0.493 e. The van der Waals surface area contributed by atoms with Crippen molar-refractivity contribution >= 4 is 5.91 Å². The van der Waals surface area contributed by atoms with Gasteiger partial charge in [-0.25, -0.2) is 0 Å². The molecule has 166 valence electrons. The van der Waals surface area contributed by atoms with E-state index in [0.29, 0.717) is 36.3 Å². The highest BCUT2D eigenvalue weighted by molar-refractivity contribution is 5.94. The average molecular weight is 415 g/mol. The van der Waals surface area contributed by atoms with Gasteiger partial charge in [0, 0.05) is 18.2 Å². The molecule has 0 aromatic heterocycles. The molecule has 2 rings (SSSR count). The van der Waals surface area contributed by atoms with Gasteiger partial charge >= 0.3 is 0 Å². The van der Waals surface area contributed by atoms with Crippen molar-refractivity contribution in [2.45, 2.75) is 59.4 Å². The zero-order valence-corrected chi connectivity index (χ0v) is 19.3. The van der Waals surface area contributed by atoms with Crippen LogP contribution in [-0.4, -0.2) is 50.2 Å². The summed E-state index contributed by atoms with van der Waals surface area (Å²) in [7, 11) is 1.60. The van der Waals surface area contributed by atoms with Crippen LogP contribution in [0, 0.1) is 0 Å². The van der Waals surface area contributed by atoms with E-state index in [1.165, 1.54) is 17.6 Å². The number of methoxy groups -OCH3 is 1. The minimum Gasteiger partial charge on any atom is -0.493 e. The zero-order chi connectivity index (χ0) is 21.9. The van der Waals surface area contributed by atoms with Crippen LogP contribution < -0.4 is 14.8 Å². The van der Waals surface area contributed by atoms with Gasteiger partial charge in [0.15, 0.2) is 11.5 Å². The number of likely N-dealkylation sites (N-methyl/N-ethyl adjacent to an activating group) is 1. The summed E-state index contributed by atoms with van der Waals surface area (Å²) in [5.41, 5.74) is 3.24. The summed E-state index contributed by atoms with van der Waals surface area (Å²) in [4.78, 5) is 15.0. The van der Waals surface area contributed by atoms with Gasteiger partial charge in [-0.2, -0.15) is 0 Å². The number of allylic oxidation sites excluding steroid dienone is 3. The van der Waals surface area contributed by atoms with E-state index in [1.807, 2.05) is 6.07 Å². The second kappa shape index (κ2) is 12.4. The van der Waals surface area contributed by atoms with Crippen molar-refractivity contribution in [2.75, 3.05) is 33.4 Å². The third-order valence-corrected chi connectivity index (χ3v) is 5.59. The average Bonchev–Trinajstić information content (AvgIpc) is 3.19. The summed E-state index contributed by atoms with van der Waals surface area (Å²) >= 11 is 0. The maximum atomic E-state index is 12.6. The second-order valence-corrected chi connectivity index (χ2v) is 8.18. The van der Waals surface area contributed by atoms with E-state index in [2.05, 4.69) is 50.1 Å². The van der Waals surface area contributed by atoms with Crippen LogP contribution in [0.1, 0.15) is 63.7 Å². The van der Waals surface area contributed by atoms with E-state index in [1.54, 1.807) is 19.2 Å². The summed E-state index contributed by atoms with van der Waals surface area (Å²) in [5.74, 6) is 1.16. The molecule has 1 aliphatic rings. The van der Waals surface area contributed by atoms with Crippen molar-refractivity contribution in [3.8, 4) is 11.5 Å². The fourth-order valence-electron chi connectivity index (χ4n) is 3.75. The maximum absolute atomic E-state index is 12.6. The molecule has 5 heteroatoms. The van der Waals surface area contributed by atoms with E-state index >= 15 is 0 Å². The number of ether oxygens (including phenoxy) is 2. The number of rotatable bonds is 11. The molecule has 30 heavy (non-hydrogen) atoms. The quantitative estimate of drug-likeness (QED) is 0.519. The number of benzene rings is 1. The van der Waals surface area contributed by atoms with Crippen LogP contribution in [0.25, 0.3) is 0 Å². The Bertz CT molecular complexity index is 751. The van der Waals surface area contributed by atoms with E-state index in [0.717, 1.165) is 32.4 Å². The van der Waals surface area contributed by atoms with Crippen LogP contribution in [0.5, 0.6) is 11.5 Å². The smallest absolute Gasteiger partial charge is 0.251 e. The molecule has 0 aliphatic carbocycles. The first-order valence-corrected chi connectivity index (χ1v) is 11.1. The van der Waals surface area contributed by atoms with Crippen LogP contribution in [0.15, 0.2) is 41.5 Å². The first-order chi connectivity index (χ1) is 14.4. The number of carbonyl (C=O) groups excluding carboxylic acids is 1. The summed E-state index contributed by atoms with van der Waals surface area (Å²) in [6, 6.07) is 5.80. The van der Waals surface area contributed by atoms with Crippen LogP contribution in [0.3, 0.4) is 0 Å². The third kappa shape index (κ3) is 7.52. The van der Waals surface area contributed by atoms with Gasteiger partial charge < -0.3 is 14.8 Å². The molecular weight excluding hydrogens is 376 g/mol. The Morgan fingerprint density at radius 3 is 2.73 bits per heavy atom. The lowest BCUT2D eigenvalue weighted by Crippen LogP contribution is -2.40. The summed E-state index contributed by atoms with van der Waals surface area (Å²) < 4.78 is 11.3. The minimum absolute atomic E-state index is 0.0715. The highest BCUT2D eigenvalue weighted by atomic mass is 16.5. The molecule has 1 unspecified atom stereocenters. The fourth-order valence-corrected chi connectivity index (χ4v) is 3.75. The van der Waals surface area contributed by atoms with Crippen molar-refractivity contribution < 1.29 is 14.3 Å². The Kier molecular flexibility index (Phi) is 9.95. The van der Waals surface area contributed by atoms with Gasteiger partial charge in [0.25, 0.3) is 5.91 Å². The molecule has 1 N–H and O–H groups in total. The molecule has 5 nitrogen and oxygen atoms in total. The van der Waals surface area contributed by atoms with Crippen molar-refractivity contribution in [3.63, 3.8) is 0 Å². The molecule has 0 saturated carbocycles. The Hall–Kier alpha value is -2.27. The van der Waals surface area contributed by atoms with Gasteiger partial charge in [-0.3, -0.25) is 9.69 Å². The second-order valence-electron chi connectivity index (χ2n) is 8.18. The van der Waals surface area contributed by atoms with Gasteiger partial charge in [-0.1, -0.05) is 24.1 Å². The van der Waals surface area contributed by atoms with Gasteiger partial charge in [0.05, 0.1) is 7.11 Å². The monoisotopic (exact) mass is 414 g/mol. The van der Waals surface area contributed by atoms with E-state index in [9.17, 15) is 4.79 Å².